The van der Waals surface area contributed by atoms with Crippen molar-refractivity contribution in [1.82, 2.24) is 20.2 Å². The molecule has 0 aliphatic heterocycles. The van der Waals surface area contributed by atoms with Crippen molar-refractivity contribution in [2.75, 3.05) is 13.7 Å². The first-order valence-corrected chi connectivity index (χ1v) is 10.3. The Hall–Kier alpha value is -3.80. The molecule has 1 heterocycles. The molecular weight excluding hydrogens is 388 g/mol. The predicted octanol–water partition coefficient (Wildman–Crippen LogP) is 4.52. The zero-order valence-electron chi connectivity index (χ0n) is 17.8. The minimum atomic E-state index is -0.205. The lowest BCUT2D eigenvalue weighted by molar-refractivity contribution is 0.240. The van der Waals surface area contributed by atoms with Gasteiger partial charge in [0.2, 0.25) is 0 Å². The van der Waals surface area contributed by atoms with Crippen LogP contribution in [0.5, 0.6) is 5.75 Å². The van der Waals surface area contributed by atoms with Gasteiger partial charge in [-0.25, -0.2) is 9.78 Å². The maximum atomic E-state index is 12.3. The number of nitrogens with one attached hydrogen (secondary N) is 2. The Balaban J connectivity index is 1.42. The van der Waals surface area contributed by atoms with E-state index in [0.717, 1.165) is 33.7 Å². The van der Waals surface area contributed by atoms with Gasteiger partial charge in [-0.1, -0.05) is 54.1 Å². The van der Waals surface area contributed by atoms with Gasteiger partial charge >= 0.3 is 6.03 Å². The van der Waals surface area contributed by atoms with Gasteiger partial charge in [-0.3, -0.25) is 0 Å². The van der Waals surface area contributed by atoms with Crippen LogP contribution >= 0.6 is 0 Å². The molecule has 0 fully saturated rings. The van der Waals surface area contributed by atoms with Crippen molar-refractivity contribution in [1.29, 1.82) is 0 Å². The summed E-state index contributed by atoms with van der Waals surface area (Å²) in [7, 11) is 1.63. The van der Waals surface area contributed by atoms with E-state index in [1.54, 1.807) is 7.11 Å². The number of fused-ring (bicyclic) bond motifs is 1. The Morgan fingerprint density at radius 1 is 1.00 bits per heavy atom. The summed E-state index contributed by atoms with van der Waals surface area (Å²) in [5, 5.41) is 5.83. The maximum absolute atomic E-state index is 12.3. The van der Waals surface area contributed by atoms with E-state index < -0.39 is 0 Å². The summed E-state index contributed by atoms with van der Waals surface area (Å²) in [5.41, 5.74) is 5.25. The van der Waals surface area contributed by atoms with Crippen LogP contribution in [0, 0.1) is 6.92 Å². The van der Waals surface area contributed by atoms with Crippen LogP contribution in [-0.4, -0.2) is 29.2 Å². The van der Waals surface area contributed by atoms with E-state index in [-0.39, 0.29) is 6.03 Å². The highest BCUT2D eigenvalue weighted by Gasteiger charge is 2.12. The van der Waals surface area contributed by atoms with Crippen LogP contribution in [0.3, 0.4) is 0 Å². The van der Waals surface area contributed by atoms with Gasteiger partial charge < -0.3 is 19.9 Å². The number of hydrogen-bond donors (Lipinski definition) is 2. The number of carbonyl (C=O) groups excluding carboxylic acids is 1. The summed E-state index contributed by atoms with van der Waals surface area (Å²) in [6, 6.07) is 23.9. The van der Waals surface area contributed by atoms with Crippen LogP contribution in [0.15, 0.2) is 72.8 Å². The highest BCUT2D eigenvalue weighted by Crippen LogP contribution is 2.25. The number of urea groups is 1. The fourth-order valence-corrected chi connectivity index (χ4v) is 3.53. The number of rotatable bonds is 7. The summed E-state index contributed by atoms with van der Waals surface area (Å²) in [6.45, 7) is 3.62. The van der Waals surface area contributed by atoms with Crippen LogP contribution in [0.2, 0.25) is 0 Å². The van der Waals surface area contributed by atoms with Crippen molar-refractivity contribution in [3.8, 4) is 17.1 Å². The molecule has 0 saturated heterocycles. The molecule has 2 amide bonds. The monoisotopic (exact) mass is 414 g/mol. The Labute approximate surface area is 181 Å². The first-order valence-electron chi connectivity index (χ1n) is 10.3. The molecule has 0 radical (unpaired) electrons. The van der Waals surface area contributed by atoms with Crippen LogP contribution < -0.4 is 15.4 Å². The van der Waals surface area contributed by atoms with E-state index in [9.17, 15) is 4.79 Å². The van der Waals surface area contributed by atoms with Crippen LogP contribution in [0.4, 0.5) is 4.79 Å². The van der Waals surface area contributed by atoms with Gasteiger partial charge in [0.25, 0.3) is 0 Å². The number of methoxy groups -OCH3 is 1. The lowest BCUT2D eigenvalue weighted by atomic mass is 10.1. The maximum Gasteiger partial charge on any atom is 0.315 e. The average Bonchev–Trinajstić information content (AvgIpc) is 3.17. The van der Waals surface area contributed by atoms with Gasteiger partial charge in [-0.15, -0.1) is 0 Å². The molecule has 4 rings (SSSR count). The molecule has 1 aromatic heterocycles. The summed E-state index contributed by atoms with van der Waals surface area (Å²) in [6.07, 6.45) is 0. The molecule has 6 nitrogen and oxygen atoms in total. The number of imidazole rings is 1. The Morgan fingerprint density at radius 2 is 1.81 bits per heavy atom. The standard InChI is InChI=1S/C25H26N4O2/c1-18-10-12-20(13-11-18)24-28-22-8-3-4-9-23(22)29(24)15-14-26-25(30)27-17-19-6-5-7-21(16-19)31-2/h3-13,16H,14-15,17H2,1-2H3,(H2,26,27,30). The Kier molecular flexibility index (Phi) is 6.17. The van der Waals surface area contributed by atoms with Gasteiger partial charge in [-0.05, 0) is 36.8 Å². The smallest absolute Gasteiger partial charge is 0.315 e. The van der Waals surface area contributed by atoms with Gasteiger partial charge in [0, 0.05) is 25.2 Å². The number of amides is 2. The topological polar surface area (TPSA) is 68.2 Å². The highest BCUT2D eigenvalue weighted by atomic mass is 16.5. The van der Waals surface area contributed by atoms with Crippen LogP contribution in [-0.2, 0) is 13.1 Å². The number of aryl methyl sites for hydroxylation is 1. The average molecular weight is 415 g/mol. The third-order valence-electron chi connectivity index (χ3n) is 5.17. The minimum absolute atomic E-state index is 0.205. The molecule has 4 aromatic rings. The summed E-state index contributed by atoms with van der Waals surface area (Å²) in [4.78, 5) is 17.1. The number of aromatic nitrogens is 2. The molecule has 0 atom stereocenters. The number of ether oxygens (including phenoxy) is 1. The number of hydrogen-bond acceptors (Lipinski definition) is 3. The third-order valence-corrected chi connectivity index (χ3v) is 5.17. The number of nitrogens with zero attached hydrogens (tertiary/aromatic N) is 2. The minimum Gasteiger partial charge on any atom is -0.497 e. The van der Waals surface area contributed by atoms with E-state index >= 15 is 0 Å². The summed E-state index contributed by atoms with van der Waals surface area (Å²) < 4.78 is 7.38. The third kappa shape index (κ3) is 4.86. The van der Waals surface area contributed by atoms with Crippen molar-refractivity contribution in [3.63, 3.8) is 0 Å². The summed E-state index contributed by atoms with van der Waals surface area (Å²) in [5.74, 6) is 1.68. The molecule has 158 valence electrons. The fraction of sp³-hybridized carbons (Fsp3) is 0.200. The van der Waals surface area contributed by atoms with Crippen molar-refractivity contribution >= 4 is 17.1 Å². The van der Waals surface area contributed by atoms with Crippen molar-refractivity contribution in [2.45, 2.75) is 20.0 Å². The molecule has 31 heavy (non-hydrogen) atoms. The number of carbonyl (C=O) groups is 1. The molecule has 2 N–H and O–H groups in total. The molecule has 0 spiro atoms. The van der Waals surface area contributed by atoms with Gasteiger partial charge in [0.1, 0.15) is 11.6 Å². The molecule has 3 aromatic carbocycles. The summed E-state index contributed by atoms with van der Waals surface area (Å²) >= 11 is 0. The molecule has 0 unspecified atom stereocenters. The van der Waals surface area contributed by atoms with E-state index in [1.165, 1.54) is 5.56 Å². The largest absolute Gasteiger partial charge is 0.497 e. The molecule has 0 saturated carbocycles. The number of benzene rings is 3. The van der Waals surface area contributed by atoms with Gasteiger partial charge in [0.15, 0.2) is 0 Å². The van der Waals surface area contributed by atoms with Crippen molar-refractivity contribution in [3.05, 3.63) is 83.9 Å². The Morgan fingerprint density at radius 3 is 2.61 bits per heavy atom. The zero-order chi connectivity index (χ0) is 21.6. The van der Waals surface area contributed by atoms with E-state index in [4.69, 9.17) is 9.72 Å². The quantitative estimate of drug-likeness (QED) is 0.467. The van der Waals surface area contributed by atoms with E-state index in [1.807, 2.05) is 42.5 Å². The second kappa shape index (κ2) is 9.34. The SMILES string of the molecule is COc1cccc(CNC(=O)NCCn2c(-c3ccc(C)cc3)nc3ccccc32)c1. The first kappa shape index (κ1) is 20.5. The van der Waals surface area contributed by atoms with E-state index in [0.29, 0.717) is 19.6 Å². The molecular formula is C25H26N4O2. The lowest BCUT2D eigenvalue weighted by Gasteiger charge is -2.12. The fourth-order valence-electron chi connectivity index (χ4n) is 3.53. The van der Waals surface area contributed by atoms with Crippen molar-refractivity contribution in [2.24, 2.45) is 0 Å². The number of para-hydroxylation sites is 2. The van der Waals surface area contributed by atoms with Crippen LogP contribution in [0.25, 0.3) is 22.4 Å². The predicted molar refractivity (Wildman–Crippen MR) is 123 cm³/mol. The first-order chi connectivity index (χ1) is 15.1. The zero-order valence-corrected chi connectivity index (χ0v) is 17.8. The van der Waals surface area contributed by atoms with Gasteiger partial charge in [0.05, 0.1) is 18.1 Å². The van der Waals surface area contributed by atoms with Gasteiger partial charge in [-0.2, -0.15) is 0 Å². The molecule has 0 bridgehead atoms. The van der Waals surface area contributed by atoms with Crippen LogP contribution in [0.1, 0.15) is 11.1 Å². The highest BCUT2D eigenvalue weighted by molar-refractivity contribution is 5.80. The normalized spacial score (nSPS) is 10.8. The molecule has 0 aliphatic rings. The van der Waals surface area contributed by atoms with E-state index in [2.05, 4.69) is 52.5 Å². The second-order valence-corrected chi connectivity index (χ2v) is 7.40. The second-order valence-electron chi connectivity index (χ2n) is 7.40. The Bertz CT molecular complexity index is 1180. The molecule has 6 heteroatoms. The van der Waals surface area contributed by atoms with Crippen molar-refractivity contribution < 1.29 is 9.53 Å². The molecule has 0 aliphatic carbocycles. The lowest BCUT2D eigenvalue weighted by Crippen LogP contribution is -2.36.